The van der Waals surface area contributed by atoms with Gasteiger partial charge >= 0.3 is 6.03 Å². The van der Waals surface area contributed by atoms with Crippen molar-refractivity contribution in [3.05, 3.63) is 71.5 Å². The van der Waals surface area contributed by atoms with Crippen LogP contribution < -0.4 is 10.6 Å². The molecule has 138 valence electrons. The van der Waals surface area contributed by atoms with Gasteiger partial charge in [-0.25, -0.2) is 9.18 Å². The molecule has 0 aromatic heterocycles. The maximum absolute atomic E-state index is 13.7. The number of rotatable bonds is 6. The Morgan fingerprint density at radius 3 is 2.38 bits per heavy atom. The lowest BCUT2D eigenvalue weighted by molar-refractivity contribution is 0.168. The molecule has 3 rings (SSSR count). The normalized spacial score (nSPS) is 16.8. The molecule has 2 aromatic carbocycles. The van der Waals surface area contributed by atoms with Crippen LogP contribution in [0.25, 0.3) is 0 Å². The van der Waals surface area contributed by atoms with Crippen LogP contribution in [0.15, 0.2) is 54.6 Å². The monoisotopic (exact) mass is 356 g/mol. The smallest absolute Gasteiger partial charge is 0.314 e. The van der Waals surface area contributed by atoms with E-state index in [0.717, 1.165) is 25.7 Å². The number of halogens is 1. The van der Waals surface area contributed by atoms with Gasteiger partial charge in [-0.15, -0.1) is 0 Å². The lowest BCUT2D eigenvalue weighted by Crippen LogP contribution is -2.44. The van der Waals surface area contributed by atoms with Gasteiger partial charge in [0.15, 0.2) is 0 Å². The van der Waals surface area contributed by atoms with E-state index in [1.807, 2.05) is 18.2 Å². The van der Waals surface area contributed by atoms with Gasteiger partial charge in [-0.1, -0.05) is 61.4 Å². The predicted octanol–water partition coefficient (Wildman–Crippen LogP) is 3.67. The fourth-order valence-corrected chi connectivity index (χ4v) is 3.77. The van der Waals surface area contributed by atoms with Crippen LogP contribution in [-0.2, 0) is 5.41 Å². The van der Waals surface area contributed by atoms with E-state index >= 15 is 0 Å². The lowest BCUT2D eigenvalue weighted by Gasteiger charge is -2.30. The fourth-order valence-electron chi connectivity index (χ4n) is 3.77. The molecule has 1 fully saturated rings. The van der Waals surface area contributed by atoms with E-state index in [1.54, 1.807) is 12.1 Å². The van der Waals surface area contributed by atoms with Crippen molar-refractivity contribution >= 4 is 6.03 Å². The van der Waals surface area contributed by atoms with Crippen molar-refractivity contribution < 1.29 is 14.3 Å². The standard InChI is InChI=1S/C21H25FN2O2/c22-18-11-5-4-10-17(18)19(25)14-23-20(26)24-15-21(12-6-7-13-21)16-8-2-1-3-9-16/h1-5,8-11,19,25H,6-7,12-15H2,(H2,23,24,26). The molecule has 1 unspecified atom stereocenters. The molecule has 26 heavy (non-hydrogen) atoms. The summed E-state index contributed by atoms with van der Waals surface area (Å²) >= 11 is 0. The molecule has 0 radical (unpaired) electrons. The van der Waals surface area contributed by atoms with Crippen LogP contribution in [0.4, 0.5) is 9.18 Å². The number of carbonyl (C=O) groups excluding carboxylic acids is 1. The summed E-state index contributed by atoms with van der Waals surface area (Å²) in [6.45, 7) is 0.518. The summed E-state index contributed by atoms with van der Waals surface area (Å²) in [6.07, 6.45) is 3.34. The Morgan fingerprint density at radius 1 is 1.04 bits per heavy atom. The number of hydrogen-bond donors (Lipinski definition) is 3. The first-order valence-corrected chi connectivity index (χ1v) is 9.10. The van der Waals surface area contributed by atoms with Gasteiger partial charge in [0.25, 0.3) is 0 Å². The minimum absolute atomic E-state index is 0.0250. The van der Waals surface area contributed by atoms with E-state index in [1.165, 1.54) is 17.7 Å². The van der Waals surface area contributed by atoms with Crippen LogP contribution in [0.5, 0.6) is 0 Å². The van der Waals surface area contributed by atoms with Crippen LogP contribution in [0.1, 0.15) is 42.9 Å². The topological polar surface area (TPSA) is 61.4 Å². The first kappa shape index (κ1) is 18.4. The lowest BCUT2D eigenvalue weighted by atomic mass is 9.79. The van der Waals surface area contributed by atoms with E-state index < -0.39 is 11.9 Å². The highest BCUT2D eigenvalue weighted by Gasteiger charge is 2.35. The molecule has 0 aliphatic heterocycles. The Hall–Kier alpha value is -2.40. The van der Waals surface area contributed by atoms with Crippen molar-refractivity contribution in [2.45, 2.75) is 37.2 Å². The Labute approximate surface area is 153 Å². The van der Waals surface area contributed by atoms with Gasteiger partial charge in [0, 0.05) is 24.1 Å². The first-order chi connectivity index (χ1) is 12.6. The van der Waals surface area contributed by atoms with E-state index in [0.29, 0.717) is 6.54 Å². The van der Waals surface area contributed by atoms with Gasteiger partial charge in [-0.3, -0.25) is 0 Å². The number of aliphatic hydroxyl groups is 1. The number of urea groups is 1. The van der Waals surface area contributed by atoms with Crippen LogP contribution in [0, 0.1) is 5.82 Å². The van der Waals surface area contributed by atoms with Gasteiger partial charge in [0.1, 0.15) is 5.82 Å². The Balaban J connectivity index is 1.54. The zero-order chi connectivity index (χ0) is 18.4. The molecular formula is C21H25FN2O2. The quantitative estimate of drug-likeness (QED) is 0.739. The average Bonchev–Trinajstić information content (AvgIpc) is 3.16. The Bertz CT molecular complexity index is 730. The molecule has 3 N–H and O–H groups in total. The van der Waals surface area contributed by atoms with Crippen LogP contribution in [-0.4, -0.2) is 24.2 Å². The van der Waals surface area contributed by atoms with Gasteiger partial charge in [0.05, 0.1) is 6.10 Å². The molecule has 2 amide bonds. The zero-order valence-corrected chi connectivity index (χ0v) is 14.7. The highest BCUT2D eigenvalue weighted by Crippen LogP contribution is 2.40. The molecule has 1 atom stereocenters. The van der Waals surface area contributed by atoms with Crippen molar-refractivity contribution in [1.82, 2.24) is 10.6 Å². The zero-order valence-electron chi connectivity index (χ0n) is 14.7. The second kappa shape index (κ2) is 8.32. The summed E-state index contributed by atoms with van der Waals surface area (Å²) in [6, 6.07) is 16.0. The van der Waals surface area contributed by atoms with Gasteiger partial charge in [-0.05, 0) is 24.5 Å². The summed E-state index contributed by atoms with van der Waals surface area (Å²) in [5, 5.41) is 15.6. The predicted molar refractivity (Wildman–Crippen MR) is 99.3 cm³/mol. The van der Waals surface area contributed by atoms with Crippen molar-refractivity contribution in [3.8, 4) is 0 Å². The number of nitrogens with one attached hydrogen (secondary N) is 2. The van der Waals surface area contributed by atoms with Crippen LogP contribution in [0.3, 0.4) is 0 Å². The molecule has 1 aliphatic carbocycles. The highest BCUT2D eigenvalue weighted by molar-refractivity contribution is 5.74. The molecule has 4 nitrogen and oxygen atoms in total. The SMILES string of the molecule is O=C(NCC(O)c1ccccc1F)NCC1(c2ccccc2)CCCC1. The Kier molecular flexibility index (Phi) is 5.89. The van der Waals surface area contributed by atoms with Gasteiger partial charge in [-0.2, -0.15) is 0 Å². The van der Waals surface area contributed by atoms with Crippen molar-refractivity contribution in [2.75, 3.05) is 13.1 Å². The summed E-state index contributed by atoms with van der Waals surface area (Å²) in [7, 11) is 0. The Morgan fingerprint density at radius 2 is 1.69 bits per heavy atom. The third-order valence-electron chi connectivity index (χ3n) is 5.25. The second-order valence-corrected chi connectivity index (χ2v) is 6.95. The van der Waals surface area contributed by atoms with Crippen molar-refractivity contribution in [2.24, 2.45) is 0 Å². The van der Waals surface area contributed by atoms with Crippen molar-refractivity contribution in [3.63, 3.8) is 0 Å². The molecule has 0 heterocycles. The molecule has 2 aromatic rings. The third-order valence-corrected chi connectivity index (χ3v) is 5.25. The number of amides is 2. The number of aliphatic hydroxyl groups excluding tert-OH is 1. The molecular weight excluding hydrogens is 331 g/mol. The van der Waals surface area contributed by atoms with E-state index in [9.17, 15) is 14.3 Å². The molecule has 0 bridgehead atoms. The minimum atomic E-state index is -1.07. The largest absolute Gasteiger partial charge is 0.386 e. The maximum atomic E-state index is 13.7. The molecule has 0 spiro atoms. The van der Waals surface area contributed by atoms with E-state index in [2.05, 4.69) is 22.8 Å². The van der Waals surface area contributed by atoms with Crippen molar-refractivity contribution in [1.29, 1.82) is 0 Å². The molecule has 1 aliphatic rings. The molecule has 5 heteroatoms. The summed E-state index contributed by atoms with van der Waals surface area (Å²) in [5.74, 6) is -0.476. The van der Waals surface area contributed by atoms with Crippen LogP contribution in [0.2, 0.25) is 0 Å². The number of hydrogen-bond acceptors (Lipinski definition) is 2. The highest BCUT2D eigenvalue weighted by atomic mass is 19.1. The summed E-state index contributed by atoms with van der Waals surface area (Å²) in [5.41, 5.74) is 1.41. The van der Waals surface area contributed by atoms with E-state index in [-0.39, 0.29) is 23.6 Å². The molecule has 0 saturated heterocycles. The van der Waals surface area contributed by atoms with Gasteiger partial charge in [0.2, 0.25) is 0 Å². The second-order valence-electron chi connectivity index (χ2n) is 6.95. The molecule has 1 saturated carbocycles. The van der Waals surface area contributed by atoms with Gasteiger partial charge < -0.3 is 15.7 Å². The average molecular weight is 356 g/mol. The first-order valence-electron chi connectivity index (χ1n) is 9.10. The van der Waals surface area contributed by atoms with Crippen LogP contribution >= 0.6 is 0 Å². The number of carbonyl (C=O) groups is 1. The van der Waals surface area contributed by atoms with E-state index in [4.69, 9.17) is 0 Å². The summed E-state index contributed by atoms with van der Waals surface area (Å²) < 4.78 is 13.7. The summed E-state index contributed by atoms with van der Waals surface area (Å²) in [4.78, 5) is 12.2. The fraction of sp³-hybridized carbons (Fsp3) is 0.381. The number of benzene rings is 2. The third kappa shape index (κ3) is 4.22. The minimum Gasteiger partial charge on any atom is -0.386 e. The maximum Gasteiger partial charge on any atom is 0.314 e.